The number of rotatable bonds is 7. The highest BCUT2D eigenvalue weighted by atomic mass is 19.2. The van der Waals surface area contributed by atoms with Gasteiger partial charge in [-0.15, -0.1) is 0 Å². The molecule has 0 aliphatic carbocycles. The quantitative estimate of drug-likeness (QED) is 0.639. The molecule has 7 heteroatoms. The third-order valence-electron chi connectivity index (χ3n) is 4.08. The fraction of sp³-hybridized carbons (Fsp3) is 0.143. The van der Waals surface area contributed by atoms with Crippen molar-refractivity contribution in [2.24, 2.45) is 0 Å². The Morgan fingerprint density at radius 2 is 1.82 bits per heavy atom. The van der Waals surface area contributed by atoms with Gasteiger partial charge in [-0.05, 0) is 48.4 Å². The first-order valence-corrected chi connectivity index (χ1v) is 8.64. The molecular weight excluding hydrogens is 364 g/mol. The first-order valence-electron chi connectivity index (χ1n) is 8.64. The molecule has 144 valence electrons. The maximum atomic E-state index is 13.2. The zero-order valence-corrected chi connectivity index (χ0v) is 15.2. The topological polar surface area (TPSA) is 63.2 Å². The van der Waals surface area contributed by atoms with Crippen LogP contribution >= 0.6 is 0 Å². The second-order valence-electron chi connectivity index (χ2n) is 6.04. The summed E-state index contributed by atoms with van der Waals surface area (Å²) in [6.45, 7) is 0.680. The minimum absolute atomic E-state index is 0.172. The van der Waals surface area contributed by atoms with Gasteiger partial charge in [-0.2, -0.15) is 0 Å². The molecule has 2 N–H and O–H groups in total. The molecular formula is C21H19F2N3O2. The maximum absolute atomic E-state index is 13.2. The van der Waals surface area contributed by atoms with E-state index in [2.05, 4.69) is 15.6 Å². The van der Waals surface area contributed by atoms with Gasteiger partial charge >= 0.3 is 0 Å². The Morgan fingerprint density at radius 1 is 1.04 bits per heavy atom. The maximum Gasteiger partial charge on any atom is 0.257 e. The summed E-state index contributed by atoms with van der Waals surface area (Å²) in [5.74, 6) is -0.992. The van der Waals surface area contributed by atoms with Gasteiger partial charge in [-0.25, -0.2) is 13.8 Å². The van der Waals surface area contributed by atoms with Crippen LogP contribution in [0.4, 0.5) is 20.3 Å². The highest BCUT2D eigenvalue weighted by Gasteiger charge is 2.09. The highest BCUT2D eigenvalue weighted by Crippen LogP contribution is 2.15. The van der Waals surface area contributed by atoms with E-state index in [0.717, 1.165) is 29.9 Å². The number of pyridine rings is 1. The van der Waals surface area contributed by atoms with E-state index in [0.29, 0.717) is 17.9 Å². The first kappa shape index (κ1) is 19.3. The van der Waals surface area contributed by atoms with Gasteiger partial charge in [0.2, 0.25) is 0 Å². The molecule has 0 saturated carbocycles. The van der Waals surface area contributed by atoms with Gasteiger partial charge in [0.15, 0.2) is 11.6 Å². The van der Waals surface area contributed by atoms with Crippen LogP contribution in [0.2, 0.25) is 0 Å². The van der Waals surface area contributed by atoms with Crippen LogP contribution < -0.4 is 15.4 Å². The lowest BCUT2D eigenvalue weighted by Gasteiger charge is -2.08. The van der Waals surface area contributed by atoms with E-state index in [1.54, 1.807) is 19.2 Å². The number of benzene rings is 2. The molecule has 1 amide bonds. The van der Waals surface area contributed by atoms with Crippen molar-refractivity contribution < 1.29 is 18.3 Å². The molecule has 0 atom stereocenters. The summed E-state index contributed by atoms with van der Waals surface area (Å²) >= 11 is 0. The lowest BCUT2D eigenvalue weighted by molar-refractivity contribution is 0.102. The molecule has 0 saturated heterocycles. The molecule has 0 radical (unpaired) electrons. The van der Waals surface area contributed by atoms with Crippen LogP contribution in [-0.4, -0.2) is 24.5 Å². The molecule has 0 aliphatic heterocycles. The molecule has 5 nitrogen and oxygen atoms in total. The van der Waals surface area contributed by atoms with Crippen LogP contribution in [0.3, 0.4) is 0 Å². The van der Waals surface area contributed by atoms with Crippen LogP contribution in [0.25, 0.3) is 0 Å². The van der Waals surface area contributed by atoms with E-state index >= 15 is 0 Å². The van der Waals surface area contributed by atoms with E-state index in [9.17, 15) is 13.6 Å². The van der Waals surface area contributed by atoms with E-state index in [-0.39, 0.29) is 5.69 Å². The second-order valence-corrected chi connectivity index (χ2v) is 6.04. The summed E-state index contributed by atoms with van der Waals surface area (Å²) in [7, 11) is 1.63. The number of ether oxygens (including phenoxy) is 1. The smallest absolute Gasteiger partial charge is 0.257 e. The van der Waals surface area contributed by atoms with Crippen molar-refractivity contribution in [3.05, 3.63) is 83.6 Å². The van der Waals surface area contributed by atoms with Gasteiger partial charge in [-0.1, -0.05) is 12.1 Å². The highest BCUT2D eigenvalue weighted by molar-refractivity contribution is 6.04. The largest absolute Gasteiger partial charge is 0.497 e. The zero-order valence-electron chi connectivity index (χ0n) is 15.2. The van der Waals surface area contributed by atoms with Crippen LogP contribution in [0.1, 0.15) is 15.9 Å². The van der Waals surface area contributed by atoms with E-state index in [1.165, 1.54) is 12.3 Å². The normalized spacial score (nSPS) is 10.4. The van der Waals surface area contributed by atoms with Gasteiger partial charge < -0.3 is 15.4 Å². The molecule has 0 aliphatic rings. The number of carbonyl (C=O) groups excluding carboxylic acids is 1. The van der Waals surface area contributed by atoms with Crippen LogP contribution in [0.15, 0.2) is 60.8 Å². The van der Waals surface area contributed by atoms with Crippen molar-refractivity contribution in [1.82, 2.24) is 4.98 Å². The van der Waals surface area contributed by atoms with E-state index in [4.69, 9.17) is 4.74 Å². The monoisotopic (exact) mass is 383 g/mol. The lowest BCUT2D eigenvalue weighted by atomic mass is 10.1. The number of nitrogens with one attached hydrogen (secondary N) is 2. The number of amides is 1. The third kappa shape index (κ3) is 5.03. The molecule has 3 aromatic rings. The Balaban J connectivity index is 1.52. The number of hydrogen-bond donors (Lipinski definition) is 2. The van der Waals surface area contributed by atoms with Crippen molar-refractivity contribution >= 4 is 17.4 Å². The minimum atomic E-state index is -1.02. The van der Waals surface area contributed by atoms with E-state index in [1.807, 2.05) is 24.3 Å². The Bertz CT molecular complexity index is 945. The Kier molecular flexibility index (Phi) is 6.16. The Hall–Kier alpha value is -3.48. The lowest BCUT2D eigenvalue weighted by Crippen LogP contribution is -2.13. The number of aromatic nitrogens is 1. The summed E-state index contributed by atoms with van der Waals surface area (Å²) in [5.41, 5.74) is 1.65. The Morgan fingerprint density at radius 3 is 2.46 bits per heavy atom. The summed E-state index contributed by atoms with van der Waals surface area (Å²) in [4.78, 5) is 16.4. The van der Waals surface area contributed by atoms with E-state index < -0.39 is 17.5 Å². The summed E-state index contributed by atoms with van der Waals surface area (Å²) in [6.07, 6.45) is 2.23. The Labute approximate surface area is 161 Å². The van der Waals surface area contributed by atoms with Gasteiger partial charge in [0.1, 0.15) is 11.6 Å². The molecule has 0 bridgehead atoms. The van der Waals surface area contributed by atoms with Gasteiger partial charge in [0.05, 0.1) is 12.7 Å². The molecule has 2 aromatic carbocycles. The number of anilines is 2. The predicted molar refractivity (Wildman–Crippen MR) is 104 cm³/mol. The number of hydrogen-bond acceptors (Lipinski definition) is 4. The SMILES string of the molecule is COc1ccc(CCNc2ccc(C(=O)Nc3ccc(F)c(F)c3)cn2)cc1. The van der Waals surface area contributed by atoms with Gasteiger partial charge in [0, 0.05) is 24.5 Å². The predicted octanol–water partition coefficient (Wildman–Crippen LogP) is 4.28. The molecule has 0 spiro atoms. The summed E-state index contributed by atoms with van der Waals surface area (Å²) < 4.78 is 31.3. The van der Waals surface area contributed by atoms with Gasteiger partial charge in [0.25, 0.3) is 5.91 Å². The third-order valence-corrected chi connectivity index (χ3v) is 4.08. The van der Waals surface area contributed by atoms with Crippen molar-refractivity contribution in [3.8, 4) is 5.75 Å². The number of carbonyl (C=O) groups is 1. The number of nitrogens with zero attached hydrogens (tertiary/aromatic N) is 1. The summed E-state index contributed by atoms with van der Waals surface area (Å²) in [6, 6.07) is 14.3. The molecule has 0 unspecified atom stereocenters. The molecule has 1 heterocycles. The minimum Gasteiger partial charge on any atom is -0.497 e. The standard InChI is InChI=1S/C21H19F2N3O2/c1-28-17-6-2-14(3-7-17)10-11-24-20-9-4-15(13-25-20)21(27)26-16-5-8-18(22)19(23)12-16/h2-9,12-13H,10-11H2,1H3,(H,24,25)(H,26,27). The number of halogens is 2. The molecule has 28 heavy (non-hydrogen) atoms. The van der Waals surface area contributed by atoms with Crippen molar-refractivity contribution in [2.45, 2.75) is 6.42 Å². The zero-order chi connectivity index (χ0) is 19.9. The van der Waals surface area contributed by atoms with Crippen LogP contribution in [0, 0.1) is 11.6 Å². The fourth-order valence-corrected chi connectivity index (χ4v) is 2.54. The first-order chi connectivity index (χ1) is 13.5. The molecule has 1 aromatic heterocycles. The van der Waals surface area contributed by atoms with Crippen molar-refractivity contribution in [1.29, 1.82) is 0 Å². The fourth-order valence-electron chi connectivity index (χ4n) is 2.54. The number of methoxy groups -OCH3 is 1. The van der Waals surface area contributed by atoms with Crippen molar-refractivity contribution in [3.63, 3.8) is 0 Å². The van der Waals surface area contributed by atoms with Gasteiger partial charge in [-0.3, -0.25) is 4.79 Å². The second kappa shape index (κ2) is 8.94. The van der Waals surface area contributed by atoms with Crippen molar-refractivity contribution in [2.75, 3.05) is 24.3 Å². The molecule has 0 fully saturated rings. The summed E-state index contributed by atoms with van der Waals surface area (Å²) in [5, 5.41) is 5.69. The average Bonchev–Trinajstić information content (AvgIpc) is 2.72. The average molecular weight is 383 g/mol. The molecule has 3 rings (SSSR count). The van der Waals surface area contributed by atoms with Crippen LogP contribution in [-0.2, 0) is 6.42 Å². The van der Waals surface area contributed by atoms with Crippen LogP contribution in [0.5, 0.6) is 5.75 Å².